The van der Waals surface area contributed by atoms with Gasteiger partial charge in [-0.05, 0) is 37.7 Å². The molecule has 2 heterocycles. The number of piperidine rings is 1. The topological polar surface area (TPSA) is 51.0 Å². The molecule has 0 unspecified atom stereocenters. The van der Waals surface area contributed by atoms with Crippen LogP contribution in [0.25, 0.3) is 0 Å². The highest BCUT2D eigenvalue weighted by Gasteiger charge is 2.30. The quantitative estimate of drug-likeness (QED) is 0.745. The van der Waals surface area contributed by atoms with Crippen LogP contribution in [0.4, 0.5) is 0 Å². The highest BCUT2D eigenvalue weighted by Crippen LogP contribution is 2.40. The summed E-state index contributed by atoms with van der Waals surface area (Å²) in [6.45, 7) is 2.59. The fourth-order valence-electron chi connectivity index (χ4n) is 3.33. The molecule has 132 valence electrons. The molecule has 1 aromatic carbocycles. The number of hydrogen-bond acceptors (Lipinski definition) is 4. The second-order valence-electron chi connectivity index (χ2n) is 6.92. The number of carbonyl (C=O) groups is 1. The van der Waals surface area contributed by atoms with Crippen molar-refractivity contribution in [3.05, 3.63) is 41.7 Å². The van der Waals surface area contributed by atoms with E-state index in [9.17, 15) is 4.79 Å². The minimum Gasteiger partial charge on any atom is -0.342 e. The van der Waals surface area contributed by atoms with Crippen molar-refractivity contribution in [3.8, 4) is 0 Å². The number of aromatic nitrogens is 3. The fraction of sp³-hybridized carbons (Fsp3) is 0.526. The molecule has 2 fully saturated rings. The third-order valence-electron chi connectivity index (χ3n) is 4.90. The van der Waals surface area contributed by atoms with Crippen LogP contribution in [0.15, 0.2) is 35.5 Å². The van der Waals surface area contributed by atoms with Crippen LogP contribution in [0.3, 0.4) is 0 Å². The molecule has 0 radical (unpaired) electrons. The lowest BCUT2D eigenvalue weighted by Gasteiger charge is -2.26. The van der Waals surface area contributed by atoms with E-state index in [1.807, 2.05) is 11.0 Å². The maximum atomic E-state index is 12.4. The van der Waals surface area contributed by atoms with Crippen LogP contribution in [-0.2, 0) is 11.3 Å². The van der Waals surface area contributed by atoms with Crippen LogP contribution < -0.4 is 0 Å². The summed E-state index contributed by atoms with van der Waals surface area (Å²) in [5.74, 6) is 2.31. The Morgan fingerprint density at radius 3 is 2.56 bits per heavy atom. The smallest absolute Gasteiger partial charge is 0.233 e. The van der Waals surface area contributed by atoms with E-state index in [1.165, 1.54) is 36.6 Å². The summed E-state index contributed by atoms with van der Waals surface area (Å²) in [5.41, 5.74) is 1.24. The van der Waals surface area contributed by atoms with Crippen LogP contribution in [0, 0.1) is 0 Å². The number of rotatable bonds is 6. The lowest BCUT2D eigenvalue weighted by Crippen LogP contribution is -2.36. The van der Waals surface area contributed by atoms with Crippen LogP contribution in [0.1, 0.15) is 49.4 Å². The van der Waals surface area contributed by atoms with Crippen LogP contribution in [-0.4, -0.2) is 44.4 Å². The highest BCUT2D eigenvalue weighted by molar-refractivity contribution is 7.99. The Labute approximate surface area is 152 Å². The third kappa shape index (κ3) is 4.06. The van der Waals surface area contributed by atoms with Crippen LogP contribution in [0.2, 0.25) is 0 Å². The lowest BCUT2D eigenvalue weighted by atomic mass is 10.1. The molecular weight excluding hydrogens is 332 g/mol. The number of thioether (sulfide) groups is 1. The molecule has 25 heavy (non-hydrogen) atoms. The van der Waals surface area contributed by atoms with Gasteiger partial charge in [0.2, 0.25) is 5.91 Å². The molecule has 1 aliphatic heterocycles. The minimum atomic E-state index is 0.229. The van der Waals surface area contributed by atoms with Crippen molar-refractivity contribution in [1.82, 2.24) is 19.7 Å². The Balaban J connectivity index is 1.46. The SMILES string of the molecule is O=C(CSc1nnc(C2CC2)n1Cc1ccccc1)N1CCCCC1. The molecule has 2 aliphatic rings. The molecule has 1 aliphatic carbocycles. The molecule has 0 spiro atoms. The number of carbonyl (C=O) groups excluding carboxylic acids is 1. The molecule has 1 saturated carbocycles. The van der Waals surface area contributed by atoms with Gasteiger partial charge in [-0.2, -0.15) is 0 Å². The number of hydrogen-bond donors (Lipinski definition) is 0. The predicted molar refractivity (Wildman–Crippen MR) is 98.7 cm³/mol. The average Bonchev–Trinajstić information content (AvgIpc) is 3.43. The zero-order valence-corrected chi connectivity index (χ0v) is 15.2. The van der Waals surface area contributed by atoms with Crippen molar-refractivity contribution in [3.63, 3.8) is 0 Å². The van der Waals surface area contributed by atoms with Gasteiger partial charge in [-0.3, -0.25) is 4.79 Å². The Hall–Kier alpha value is -1.82. The monoisotopic (exact) mass is 356 g/mol. The number of nitrogens with zero attached hydrogens (tertiary/aromatic N) is 4. The Kier molecular flexibility index (Phi) is 5.06. The molecule has 0 N–H and O–H groups in total. The third-order valence-corrected chi connectivity index (χ3v) is 5.86. The Morgan fingerprint density at radius 2 is 1.84 bits per heavy atom. The van der Waals surface area contributed by atoms with Crippen molar-refractivity contribution in [2.45, 2.75) is 49.7 Å². The zero-order chi connectivity index (χ0) is 17.1. The van der Waals surface area contributed by atoms with Crippen molar-refractivity contribution < 1.29 is 4.79 Å². The largest absolute Gasteiger partial charge is 0.342 e. The number of amides is 1. The normalized spacial score (nSPS) is 17.7. The maximum absolute atomic E-state index is 12.4. The first-order valence-corrected chi connectivity index (χ1v) is 10.2. The van der Waals surface area contributed by atoms with Gasteiger partial charge in [-0.1, -0.05) is 42.1 Å². The van der Waals surface area contributed by atoms with E-state index in [1.54, 1.807) is 0 Å². The van der Waals surface area contributed by atoms with Gasteiger partial charge in [0.05, 0.1) is 12.3 Å². The van der Waals surface area contributed by atoms with E-state index in [0.29, 0.717) is 11.7 Å². The first-order chi connectivity index (χ1) is 12.3. The van der Waals surface area contributed by atoms with Gasteiger partial charge in [0.1, 0.15) is 5.82 Å². The maximum Gasteiger partial charge on any atom is 0.233 e. The standard InChI is InChI=1S/C19H24N4OS/c24-17(22-11-5-2-6-12-22)14-25-19-21-20-18(16-9-10-16)23(19)13-15-7-3-1-4-8-15/h1,3-4,7-8,16H,2,5-6,9-14H2. The van der Waals surface area contributed by atoms with E-state index in [4.69, 9.17) is 0 Å². The van der Waals surface area contributed by atoms with Gasteiger partial charge in [0, 0.05) is 19.0 Å². The van der Waals surface area contributed by atoms with Crippen molar-refractivity contribution >= 4 is 17.7 Å². The van der Waals surface area contributed by atoms with Crippen molar-refractivity contribution in [2.24, 2.45) is 0 Å². The van der Waals surface area contributed by atoms with E-state index in [2.05, 4.69) is 39.0 Å². The minimum absolute atomic E-state index is 0.229. The van der Waals surface area contributed by atoms with Gasteiger partial charge in [-0.25, -0.2) is 0 Å². The van der Waals surface area contributed by atoms with Gasteiger partial charge >= 0.3 is 0 Å². The molecule has 4 rings (SSSR count). The second-order valence-corrected chi connectivity index (χ2v) is 7.86. The van der Waals surface area contributed by atoms with Crippen LogP contribution in [0.5, 0.6) is 0 Å². The van der Waals surface area contributed by atoms with Gasteiger partial charge < -0.3 is 9.47 Å². The first kappa shape index (κ1) is 16.6. The van der Waals surface area contributed by atoms with Crippen molar-refractivity contribution in [2.75, 3.05) is 18.8 Å². The van der Waals surface area contributed by atoms with Crippen molar-refractivity contribution in [1.29, 1.82) is 0 Å². The van der Waals surface area contributed by atoms with E-state index < -0.39 is 0 Å². The van der Waals surface area contributed by atoms with Crippen LogP contribution >= 0.6 is 11.8 Å². The molecule has 0 atom stereocenters. The number of benzene rings is 1. The summed E-state index contributed by atoms with van der Waals surface area (Å²) >= 11 is 1.53. The molecule has 0 bridgehead atoms. The summed E-state index contributed by atoms with van der Waals surface area (Å²) < 4.78 is 2.21. The summed E-state index contributed by atoms with van der Waals surface area (Å²) in [6, 6.07) is 10.4. The Bertz CT molecular complexity index is 720. The second kappa shape index (κ2) is 7.60. The molecular formula is C19H24N4OS. The van der Waals surface area contributed by atoms with Gasteiger partial charge in [0.15, 0.2) is 5.16 Å². The molecule has 2 aromatic rings. The summed E-state index contributed by atoms with van der Waals surface area (Å²) in [7, 11) is 0. The molecule has 1 saturated heterocycles. The predicted octanol–water partition coefficient (Wildman–Crippen LogP) is 3.31. The molecule has 5 nitrogen and oxygen atoms in total. The summed E-state index contributed by atoms with van der Waals surface area (Å²) in [4.78, 5) is 14.4. The average molecular weight is 356 g/mol. The van der Waals surface area contributed by atoms with E-state index in [0.717, 1.165) is 43.5 Å². The fourth-order valence-corrected chi connectivity index (χ4v) is 4.17. The number of likely N-dealkylation sites (tertiary alicyclic amines) is 1. The zero-order valence-electron chi connectivity index (χ0n) is 14.4. The molecule has 1 aromatic heterocycles. The summed E-state index contributed by atoms with van der Waals surface area (Å²) in [5, 5.41) is 9.70. The lowest BCUT2D eigenvalue weighted by molar-refractivity contribution is -0.129. The molecule has 6 heteroatoms. The van der Waals surface area contributed by atoms with E-state index in [-0.39, 0.29) is 5.91 Å². The first-order valence-electron chi connectivity index (χ1n) is 9.19. The summed E-state index contributed by atoms with van der Waals surface area (Å²) in [6.07, 6.45) is 5.90. The van der Waals surface area contributed by atoms with E-state index >= 15 is 0 Å². The highest BCUT2D eigenvalue weighted by atomic mass is 32.2. The Morgan fingerprint density at radius 1 is 1.08 bits per heavy atom. The van der Waals surface area contributed by atoms with Gasteiger partial charge in [0.25, 0.3) is 0 Å². The molecule has 1 amide bonds. The van der Waals surface area contributed by atoms with Gasteiger partial charge in [-0.15, -0.1) is 10.2 Å².